The highest BCUT2D eigenvalue weighted by atomic mass is 19.4. The summed E-state index contributed by atoms with van der Waals surface area (Å²) in [6.07, 6.45) is -4.69. The maximum atomic E-state index is 12.1. The molecule has 5 nitrogen and oxygen atoms in total. The van der Waals surface area contributed by atoms with Gasteiger partial charge in [-0.1, -0.05) is 12.1 Å². The molecule has 0 aromatic heterocycles. The summed E-state index contributed by atoms with van der Waals surface area (Å²) < 4.78 is 41.4. The third kappa shape index (κ3) is 7.12. The van der Waals surface area contributed by atoms with Crippen molar-refractivity contribution < 1.29 is 23.0 Å². The number of phenols is 1. The van der Waals surface area contributed by atoms with Gasteiger partial charge in [-0.3, -0.25) is 4.99 Å². The summed E-state index contributed by atoms with van der Waals surface area (Å²) in [6.45, 7) is 2.46. The van der Waals surface area contributed by atoms with E-state index in [1.54, 1.807) is 18.2 Å². The quantitative estimate of drug-likeness (QED) is 0.530. The molecule has 0 aliphatic rings. The van der Waals surface area contributed by atoms with Crippen molar-refractivity contribution >= 4 is 5.96 Å². The molecule has 0 aliphatic carbocycles. The van der Waals surface area contributed by atoms with E-state index in [0.717, 1.165) is 0 Å². The molecule has 3 N–H and O–H groups in total. The molecule has 1 aromatic carbocycles. The van der Waals surface area contributed by atoms with Gasteiger partial charge in [0.2, 0.25) is 0 Å². The maximum Gasteiger partial charge on any atom is 0.390 e. The third-order valence-electron chi connectivity index (χ3n) is 3.00. The van der Waals surface area contributed by atoms with Crippen molar-refractivity contribution in [3.8, 4) is 11.5 Å². The van der Waals surface area contributed by atoms with E-state index in [9.17, 15) is 18.3 Å². The van der Waals surface area contributed by atoms with E-state index in [0.29, 0.717) is 36.8 Å². The number of phenolic OH excluding ortho intramolecular Hbond substituents is 1. The first-order valence-electron chi connectivity index (χ1n) is 7.31. The van der Waals surface area contributed by atoms with Gasteiger partial charge in [-0.05, 0) is 25.0 Å². The van der Waals surface area contributed by atoms with Crippen LogP contribution in [0.15, 0.2) is 23.2 Å². The van der Waals surface area contributed by atoms with Gasteiger partial charge in [0.15, 0.2) is 17.5 Å². The third-order valence-corrected chi connectivity index (χ3v) is 3.00. The zero-order valence-corrected chi connectivity index (χ0v) is 13.2. The molecule has 0 fully saturated rings. The van der Waals surface area contributed by atoms with Gasteiger partial charge in [-0.25, -0.2) is 0 Å². The monoisotopic (exact) mass is 333 g/mol. The number of nitrogens with one attached hydrogen (secondary N) is 2. The number of hydrogen-bond acceptors (Lipinski definition) is 3. The van der Waals surface area contributed by atoms with Gasteiger partial charge in [-0.15, -0.1) is 0 Å². The summed E-state index contributed by atoms with van der Waals surface area (Å²) in [5, 5.41) is 15.8. The molecular weight excluding hydrogens is 311 g/mol. The largest absolute Gasteiger partial charge is 0.504 e. The number of hydrogen-bond donors (Lipinski definition) is 3. The molecular formula is C15H22F3N3O2. The first-order chi connectivity index (χ1) is 10.9. The zero-order chi connectivity index (χ0) is 17.3. The number of nitrogens with zero attached hydrogens (tertiary/aromatic N) is 1. The normalized spacial score (nSPS) is 12.1. The van der Waals surface area contributed by atoms with Crippen LogP contribution in [-0.4, -0.2) is 44.0 Å². The van der Waals surface area contributed by atoms with Crippen molar-refractivity contribution in [3.63, 3.8) is 0 Å². The molecule has 0 aliphatic heterocycles. The molecule has 0 atom stereocenters. The molecule has 0 amide bonds. The number of benzene rings is 1. The number of aromatic hydroxyl groups is 1. The minimum atomic E-state index is -4.22. The van der Waals surface area contributed by atoms with Gasteiger partial charge < -0.3 is 20.5 Å². The van der Waals surface area contributed by atoms with Crippen LogP contribution in [0.2, 0.25) is 0 Å². The lowest BCUT2D eigenvalue weighted by Gasteiger charge is -2.13. The Morgan fingerprint density at radius 3 is 2.65 bits per heavy atom. The van der Waals surface area contributed by atoms with Crippen molar-refractivity contribution in [1.29, 1.82) is 0 Å². The second kappa shape index (κ2) is 9.12. The standard InChI is InChI=1S/C15H22F3N3O2/c1-3-19-14(21-10-8-15(16,17)18)20-9-7-11-5-4-6-12(23-2)13(11)22/h4-6,22H,3,7-10H2,1-2H3,(H2,19,20,21). The number of aliphatic imine (C=N–C) groups is 1. The van der Waals surface area contributed by atoms with Crippen LogP contribution in [-0.2, 0) is 6.42 Å². The van der Waals surface area contributed by atoms with Crippen LogP contribution in [0.1, 0.15) is 18.9 Å². The van der Waals surface area contributed by atoms with Gasteiger partial charge in [0.05, 0.1) is 20.1 Å². The Hall–Kier alpha value is -2.12. The average Bonchev–Trinajstić information content (AvgIpc) is 2.47. The van der Waals surface area contributed by atoms with Gasteiger partial charge >= 0.3 is 6.18 Å². The number of ether oxygens (including phenoxy) is 1. The van der Waals surface area contributed by atoms with Crippen molar-refractivity contribution in [1.82, 2.24) is 10.6 Å². The molecule has 23 heavy (non-hydrogen) atoms. The molecule has 0 heterocycles. The molecule has 8 heteroatoms. The Kier molecular flexibility index (Phi) is 7.50. The Morgan fingerprint density at radius 1 is 1.30 bits per heavy atom. The van der Waals surface area contributed by atoms with Crippen LogP contribution in [0.4, 0.5) is 13.2 Å². The minimum Gasteiger partial charge on any atom is -0.504 e. The highest BCUT2D eigenvalue weighted by Gasteiger charge is 2.26. The van der Waals surface area contributed by atoms with Crippen molar-refractivity contribution in [2.75, 3.05) is 26.7 Å². The Bertz CT molecular complexity index is 519. The van der Waals surface area contributed by atoms with Crippen molar-refractivity contribution in [2.45, 2.75) is 25.9 Å². The fourth-order valence-electron chi connectivity index (χ4n) is 1.89. The summed E-state index contributed by atoms with van der Waals surface area (Å²) in [7, 11) is 1.47. The first-order valence-corrected chi connectivity index (χ1v) is 7.31. The lowest BCUT2D eigenvalue weighted by atomic mass is 10.1. The molecule has 0 bridgehead atoms. The van der Waals surface area contributed by atoms with Crippen molar-refractivity contribution in [3.05, 3.63) is 23.8 Å². The smallest absolute Gasteiger partial charge is 0.390 e. The first kappa shape index (κ1) is 18.9. The van der Waals surface area contributed by atoms with E-state index < -0.39 is 12.6 Å². The lowest BCUT2D eigenvalue weighted by Crippen LogP contribution is -2.38. The lowest BCUT2D eigenvalue weighted by molar-refractivity contribution is -0.132. The van der Waals surface area contributed by atoms with Gasteiger partial charge in [0.1, 0.15) is 0 Å². The summed E-state index contributed by atoms with van der Waals surface area (Å²) in [5.41, 5.74) is 0.683. The molecule has 1 rings (SSSR count). The molecule has 0 saturated carbocycles. The fraction of sp³-hybridized carbons (Fsp3) is 0.533. The topological polar surface area (TPSA) is 65.9 Å². The second-order valence-corrected chi connectivity index (χ2v) is 4.77. The Balaban J connectivity index is 2.54. The number of halogens is 3. The molecule has 1 aromatic rings. The van der Waals surface area contributed by atoms with Gasteiger partial charge in [-0.2, -0.15) is 13.2 Å². The van der Waals surface area contributed by atoms with E-state index in [1.807, 2.05) is 6.92 Å². The average molecular weight is 333 g/mol. The van der Waals surface area contributed by atoms with Crippen LogP contribution in [0.3, 0.4) is 0 Å². The van der Waals surface area contributed by atoms with Gasteiger partial charge in [0.25, 0.3) is 0 Å². The van der Waals surface area contributed by atoms with Crippen LogP contribution >= 0.6 is 0 Å². The molecule has 130 valence electrons. The fourth-order valence-corrected chi connectivity index (χ4v) is 1.89. The molecule has 0 radical (unpaired) electrons. The van der Waals surface area contributed by atoms with Crippen LogP contribution in [0.5, 0.6) is 11.5 Å². The number of methoxy groups -OCH3 is 1. The number of alkyl halides is 3. The number of rotatable bonds is 7. The number of guanidine groups is 1. The van der Waals surface area contributed by atoms with Crippen LogP contribution in [0, 0.1) is 0 Å². The Labute approximate surface area is 133 Å². The van der Waals surface area contributed by atoms with Crippen LogP contribution < -0.4 is 15.4 Å². The molecule has 0 saturated heterocycles. The van der Waals surface area contributed by atoms with E-state index >= 15 is 0 Å². The Morgan fingerprint density at radius 2 is 2.04 bits per heavy atom. The summed E-state index contributed by atoms with van der Waals surface area (Å²) in [6, 6.07) is 5.17. The zero-order valence-electron chi connectivity index (χ0n) is 13.2. The summed E-state index contributed by atoms with van der Waals surface area (Å²) >= 11 is 0. The maximum absolute atomic E-state index is 12.1. The van der Waals surface area contributed by atoms with Gasteiger partial charge in [0, 0.05) is 13.1 Å². The second-order valence-electron chi connectivity index (χ2n) is 4.77. The van der Waals surface area contributed by atoms with E-state index in [2.05, 4.69) is 15.6 Å². The SMILES string of the molecule is CCNC(=NCCC(F)(F)F)NCCc1cccc(OC)c1O. The minimum absolute atomic E-state index is 0.0656. The van der Waals surface area contributed by atoms with E-state index in [1.165, 1.54) is 7.11 Å². The predicted octanol–water partition coefficient (Wildman–Crippen LogP) is 2.45. The molecule has 0 unspecified atom stereocenters. The summed E-state index contributed by atoms with van der Waals surface area (Å²) in [4.78, 5) is 3.87. The highest BCUT2D eigenvalue weighted by Crippen LogP contribution is 2.29. The van der Waals surface area contributed by atoms with E-state index in [4.69, 9.17) is 4.74 Å². The molecule has 0 spiro atoms. The van der Waals surface area contributed by atoms with Crippen molar-refractivity contribution in [2.24, 2.45) is 4.99 Å². The summed E-state index contributed by atoms with van der Waals surface area (Å²) in [5.74, 6) is 0.767. The van der Waals surface area contributed by atoms with Crippen LogP contribution in [0.25, 0.3) is 0 Å². The highest BCUT2D eigenvalue weighted by molar-refractivity contribution is 5.79. The van der Waals surface area contributed by atoms with E-state index in [-0.39, 0.29) is 12.3 Å². The number of para-hydroxylation sites is 1. The predicted molar refractivity (Wildman–Crippen MR) is 83.0 cm³/mol.